The van der Waals surface area contributed by atoms with Crippen molar-refractivity contribution >= 4 is 27.3 Å². The lowest BCUT2D eigenvalue weighted by Crippen LogP contribution is -2.57. The summed E-state index contributed by atoms with van der Waals surface area (Å²) in [6, 6.07) is 8.10. The maximum Gasteiger partial charge on any atom is 0.261 e. The Balaban J connectivity index is 1.52. The van der Waals surface area contributed by atoms with Gasteiger partial charge in [-0.3, -0.25) is 4.79 Å². The highest BCUT2D eigenvalue weighted by Gasteiger charge is 2.35. The fourth-order valence-electron chi connectivity index (χ4n) is 3.65. The van der Waals surface area contributed by atoms with Gasteiger partial charge in [-0.15, -0.1) is 11.3 Å². The molecule has 3 aliphatic heterocycles. The van der Waals surface area contributed by atoms with Crippen molar-refractivity contribution < 1.29 is 9.90 Å². The molecule has 4 heterocycles. The molecule has 5 rings (SSSR count). The number of thiophene rings is 1. The highest BCUT2D eigenvalue weighted by Crippen LogP contribution is 2.29. The van der Waals surface area contributed by atoms with Gasteiger partial charge >= 0.3 is 0 Å². The zero-order valence-corrected chi connectivity index (χ0v) is 13.2. The standard InChI is InChI=1S/C17H20N2O2S/c20-10-11-1-2-13-8-16(22-15(13)7-11)17(21)18-14-9-19-5-3-12(14)4-6-19/h1-2,7-8,12,14,20H,3-6,9-10H2,(H,18,21)/t14-/m0/s1. The molecule has 22 heavy (non-hydrogen) atoms. The Morgan fingerprint density at radius 3 is 2.82 bits per heavy atom. The highest BCUT2D eigenvalue weighted by molar-refractivity contribution is 7.20. The predicted molar refractivity (Wildman–Crippen MR) is 88.2 cm³/mol. The molecule has 3 saturated heterocycles. The first kappa shape index (κ1) is 14.2. The molecular weight excluding hydrogens is 296 g/mol. The second-order valence-electron chi connectivity index (χ2n) is 6.36. The van der Waals surface area contributed by atoms with Gasteiger partial charge in [-0.1, -0.05) is 12.1 Å². The minimum Gasteiger partial charge on any atom is -0.392 e. The van der Waals surface area contributed by atoms with Gasteiger partial charge in [0.2, 0.25) is 0 Å². The van der Waals surface area contributed by atoms with Gasteiger partial charge in [0.25, 0.3) is 5.91 Å². The van der Waals surface area contributed by atoms with Crippen molar-refractivity contribution in [2.75, 3.05) is 19.6 Å². The topological polar surface area (TPSA) is 52.6 Å². The number of hydrogen-bond acceptors (Lipinski definition) is 4. The van der Waals surface area contributed by atoms with Crippen LogP contribution in [0.2, 0.25) is 0 Å². The monoisotopic (exact) mass is 316 g/mol. The number of amides is 1. The van der Waals surface area contributed by atoms with Gasteiger partial charge in [-0.05, 0) is 54.9 Å². The fourth-order valence-corrected chi connectivity index (χ4v) is 4.68. The third-order valence-electron chi connectivity index (χ3n) is 4.96. The predicted octanol–water partition coefficient (Wildman–Crippen LogP) is 2.22. The van der Waals surface area contributed by atoms with E-state index >= 15 is 0 Å². The molecule has 0 saturated carbocycles. The molecule has 2 bridgehead atoms. The lowest BCUT2D eigenvalue weighted by molar-refractivity contribution is 0.0622. The molecule has 4 nitrogen and oxygen atoms in total. The first-order valence-electron chi connectivity index (χ1n) is 7.89. The van der Waals surface area contributed by atoms with Crippen LogP contribution in [0.1, 0.15) is 28.1 Å². The summed E-state index contributed by atoms with van der Waals surface area (Å²) in [5.41, 5.74) is 0.888. The summed E-state index contributed by atoms with van der Waals surface area (Å²) < 4.78 is 1.06. The van der Waals surface area contributed by atoms with Crippen LogP contribution in [0.3, 0.4) is 0 Å². The van der Waals surface area contributed by atoms with Crippen molar-refractivity contribution in [3.63, 3.8) is 0 Å². The maximum absolute atomic E-state index is 12.5. The van der Waals surface area contributed by atoms with Gasteiger partial charge in [-0.2, -0.15) is 0 Å². The summed E-state index contributed by atoms with van der Waals surface area (Å²) in [5.74, 6) is 0.690. The Bertz CT molecular complexity index is 704. The zero-order valence-electron chi connectivity index (χ0n) is 12.4. The molecule has 2 aromatic rings. The van der Waals surface area contributed by atoms with Crippen molar-refractivity contribution in [1.29, 1.82) is 0 Å². The number of benzene rings is 1. The SMILES string of the molecule is O=C(N[C@H]1CN2CCC1CC2)c1cc2ccc(CO)cc2s1. The van der Waals surface area contributed by atoms with Crippen molar-refractivity contribution in [2.45, 2.75) is 25.5 Å². The Kier molecular flexibility index (Phi) is 3.64. The molecule has 3 aliphatic rings. The number of rotatable bonds is 3. The van der Waals surface area contributed by atoms with Gasteiger partial charge in [0.1, 0.15) is 0 Å². The van der Waals surface area contributed by atoms with Crippen molar-refractivity contribution in [1.82, 2.24) is 10.2 Å². The minimum absolute atomic E-state index is 0.0367. The van der Waals surface area contributed by atoms with Crippen LogP contribution in [-0.4, -0.2) is 41.6 Å². The Hall–Kier alpha value is -1.43. The number of nitrogens with zero attached hydrogens (tertiary/aromatic N) is 1. The summed E-state index contributed by atoms with van der Waals surface area (Å²) in [5, 5.41) is 13.5. The zero-order chi connectivity index (χ0) is 15.1. The molecule has 1 aromatic heterocycles. The molecule has 0 aliphatic carbocycles. The molecule has 0 unspecified atom stereocenters. The quantitative estimate of drug-likeness (QED) is 0.913. The minimum atomic E-state index is 0.0367. The normalized spacial score (nSPS) is 27.2. The van der Waals surface area contributed by atoms with E-state index in [9.17, 15) is 9.90 Å². The van der Waals surface area contributed by atoms with Gasteiger partial charge in [0, 0.05) is 17.3 Å². The average Bonchev–Trinajstić information content (AvgIpc) is 2.99. The van der Waals surface area contributed by atoms with E-state index < -0.39 is 0 Å². The third-order valence-corrected chi connectivity index (χ3v) is 6.06. The van der Waals surface area contributed by atoms with Crippen LogP contribution in [0, 0.1) is 5.92 Å². The molecule has 1 atom stereocenters. The smallest absolute Gasteiger partial charge is 0.261 e. The van der Waals surface area contributed by atoms with Gasteiger partial charge in [0.15, 0.2) is 0 Å². The van der Waals surface area contributed by atoms with Crippen molar-refractivity contribution in [2.24, 2.45) is 5.92 Å². The van der Waals surface area contributed by atoms with Gasteiger partial charge < -0.3 is 15.3 Å². The number of carbonyl (C=O) groups is 1. The van der Waals surface area contributed by atoms with Crippen LogP contribution >= 0.6 is 11.3 Å². The van der Waals surface area contributed by atoms with Crippen LogP contribution in [-0.2, 0) is 6.61 Å². The first-order valence-corrected chi connectivity index (χ1v) is 8.71. The number of fused-ring (bicyclic) bond motifs is 4. The maximum atomic E-state index is 12.5. The van der Waals surface area contributed by atoms with Crippen molar-refractivity contribution in [3.8, 4) is 0 Å². The van der Waals surface area contributed by atoms with E-state index in [-0.39, 0.29) is 12.5 Å². The Morgan fingerprint density at radius 2 is 2.14 bits per heavy atom. The van der Waals surface area contributed by atoms with E-state index in [1.54, 1.807) is 0 Å². The van der Waals surface area contributed by atoms with Gasteiger partial charge in [0.05, 0.1) is 11.5 Å². The lowest BCUT2D eigenvalue weighted by Gasteiger charge is -2.44. The number of aliphatic hydroxyl groups excluding tert-OH is 1. The molecule has 0 spiro atoms. The van der Waals surface area contributed by atoms with E-state index in [1.807, 2.05) is 24.3 Å². The molecular formula is C17H20N2O2S. The molecule has 1 aromatic carbocycles. The summed E-state index contributed by atoms with van der Waals surface area (Å²) in [4.78, 5) is 15.8. The lowest BCUT2D eigenvalue weighted by atomic mass is 9.84. The number of aliphatic hydroxyl groups is 1. The van der Waals surface area contributed by atoms with Crippen LogP contribution in [0.5, 0.6) is 0 Å². The Morgan fingerprint density at radius 1 is 1.32 bits per heavy atom. The second-order valence-corrected chi connectivity index (χ2v) is 7.44. The van der Waals surface area contributed by atoms with Crippen LogP contribution in [0.15, 0.2) is 24.3 Å². The fraction of sp³-hybridized carbons (Fsp3) is 0.471. The molecule has 0 radical (unpaired) electrons. The number of piperidine rings is 3. The third kappa shape index (κ3) is 2.53. The summed E-state index contributed by atoms with van der Waals surface area (Å²) in [6.07, 6.45) is 2.41. The highest BCUT2D eigenvalue weighted by atomic mass is 32.1. The first-order chi connectivity index (χ1) is 10.7. The molecule has 5 heteroatoms. The number of hydrogen-bond donors (Lipinski definition) is 2. The van der Waals surface area contributed by atoms with Crippen LogP contribution < -0.4 is 5.32 Å². The number of carbonyl (C=O) groups excluding carboxylic acids is 1. The van der Waals surface area contributed by atoms with Gasteiger partial charge in [-0.25, -0.2) is 0 Å². The summed E-state index contributed by atoms with van der Waals surface area (Å²) in [6.45, 7) is 3.40. The van der Waals surface area contributed by atoms with E-state index in [0.29, 0.717) is 12.0 Å². The van der Waals surface area contributed by atoms with Crippen LogP contribution in [0.25, 0.3) is 10.1 Å². The second kappa shape index (κ2) is 5.65. The van der Waals surface area contributed by atoms with E-state index in [1.165, 1.54) is 37.3 Å². The van der Waals surface area contributed by atoms with E-state index in [2.05, 4.69) is 10.2 Å². The molecule has 116 valence electrons. The largest absolute Gasteiger partial charge is 0.392 e. The van der Waals surface area contributed by atoms with Crippen LogP contribution in [0.4, 0.5) is 0 Å². The van der Waals surface area contributed by atoms with E-state index in [4.69, 9.17) is 0 Å². The summed E-state index contributed by atoms with van der Waals surface area (Å²) in [7, 11) is 0. The molecule has 3 fully saturated rings. The number of nitrogens with one attached hydrogen (secondary N) is 1. The molecule has 1 amide bonds. The van der Waals surface area contributed by atoms with Crippen molar-refractivity contribution in [3.05, 3.63) is 34.7 Å². The molecule has 2 N–H and O–H groups in total. The summed E-state index contributed by atoms with van der Waals surface area (Å²) >= 11 is 1.51. The average molecular weight is 316 g/mol. The van der Waals surface area contributed by atoms with E-state index in [0.717, 1.165) is 27.1 Å². The Labute approximate surface area is 133 Å².